The summed E-state index contributed by atoms with van der Waals surface area (Å²) < 4.78 is 0. The van der Waals surface area contributed by atoms with Crippen molar-refractivity contribution >= 4 is 0 Å². The predicted octanol–water partition coefficient (Wildman–Crippen LogP) is 4.18. The van der Waals surface area contributed by atoms with Gasteiger partial charge < -0.3 is 0 Å². The minimum absolute atomic E-state index is 0.184. The molecule has 0 bridgehead atoms. The Balaban J connectivity index is 2.34. The maximum Gasteiger partial charge on any atom is 0.0847 e. The monoisotopic (exact) mass is 227 g/mol. The highest BCUT2D eigenvalue weighted by atomic mass is 14.5. The summed E-state index contributed by atoms with van der Waals surface area (Å²) >= 11 is 0. The van der Waals surface area contributed by atoms with Crippen molar-refractivity contribution in [1.29, 1.82) is 5.26 Å². The molecule has 1 aromatic carbocycles. The highest BCUT2D eigenvalue weighted by Gasteiger charge is 2.45. The van der Waals surface area contributed by atoms with Gasteiger partial charge >= 0.3 is 0 Å². The van der Waals surface area contributed by atoms with E-state index in [1.807, 2.05) is 0 Å². The van der Waals surface area contributed by atoms with Crippen molar-refractivity contribution < 1.29 is 0 Å². The summed E-state index contributed by atoms with van der Waals surface area (Å²) in [7, 11) is 0. The van der Waals surface area contributed by atoms with Crippen LogP contribution >= 0.6 is 0 Å². The van der Waals surface area contributed by atoms with E-state index in [9.17, 15) is 5.26 Å². The average molecular weight is 227 g/mol. The number of benzene rings is 1. The number of rotatable bonds is 1. The van der Waals surface area contributed by atoms with E-state index in [4.69, 9.17) is 0 Å². The average Bonchev–Trinajstić information content (AvgIpc) is 2.28. The fraction of sp³-hybridized carbons (Fsp3) is 0.562. The van der Waals surface area contributed by atoms with Gasteiger partial charge in [0.05, 0.1) is 11.5 Å². The molecule has 1 nitrogen and oxygen atoms in total. The van der Waals surface area contributed by atoms with Crippen LogP contribution < -0.4 is 0 Å². The molecule has 0 aliphatic heterocycles. The van der Waals surface area contributed by atoms with Crippen LogP contribution in [0, 0.1) is 17.2 Å². The Kier molecular flexibility index (Phi) is 2.78. The molecular formula is C16H21N. The largest absolute Gasteiger partial charge is 0.197 e. The Labute approximate surface area is 104 Å². The summed E-state index contributed by atoms with van der Waals surface area (Å²) in [5.41, 5.74) is 2.51. The van der Waals surface area contributed by atoms with E-state index in [0.29, 0.717) is 5.92 Å². The first-order chi connectivity index (χ1) is 7.90. The molecule has 0 spiro atoms. The van der Waals surface area contributed by atoms with Crippen LogP contribution in [0.3, 0.4) is 0 Å². The quantitative estimate of drug-likeness (QED) is 0.706. The first-order valence-corrected chi connectivity index (χ1v) is 6.42. The summed E-state index contributed by atoms with van der Waals surface area (Å²) in [6.45, 7) is 8.83. The predicted molar refractivity (Wildman–Crippen MR) is 70.8 cm³/mol. The third-order valence-electron chi connectivity index (χ3n) is 4.28. The third-order valence-corrected chi connectivity index (χ3v) is 4.28. The van der Waals surface area contributed by atoms with Crippen molar-refractivity contribution in [3.63, 3.8) is 0 Å². The third kappa shape index (κ3) is 1.86. The van der Waals surface area contributed by atoms with Gasteiger partial charge in [0, 0.05) is 0 Å². The second kappa shape index (κ2) is 3.88. The van der Waals surface area contributed by atoms with E-state index in [2.05, 4.69) is 58.0 Å². The van der Waals surface area contributed by atoms with Crippen molar-refractivity contribution in [1.82, 2.24) is 0 Å². The number of nitriles is 1. The van der Waals surface area contributed by atoms with Gasteiger partial charge in [0.25, 0.3) is 0 Å². The van der Waals surface area contributed by atoms with Crippen molar-refractivity contribution in [3.8, 4) is 6.07 Å². The maximum atomic E-state index is 9.44. The molecule has 0 N–H and O–H groups in total. The number of hydrogen-bond acceptors (Lipinski definition) is 1. The molecule has 1 heteroatoms. The molecule has 0 aromatic heterocycles. The van der Waals surface area contributed by atoms with Gasteiger partial charge in [-0.15, -0.1) is 0 Å². The Hall–Kier alpha value is -1.29. The van der Waals surface area contributed by atoms with E-state index in [-0.39, 0.29) is 10.8 Å². The Bertz CT molecular complexity index is 444. The molecule has 0 heterocycles. The second-order valence-corrected chi connectivity index (χ2v) is 6.35. The zero-order chi connectivity index (χ0) is 12.7. The van der Waals surface area contributed by atoms with E-state index in [0.717, 1.165) is 6.42 Å². The van der Waals surface area contributed by atoms with Gasteiger partial charge in [-0.25, -0.2) is 0 Å². The van der Waals surface area contributed by atoms with Crippen LogP contribution in [0.2, 0.25) is 0 Å². The van der Waals surface area contributed by atoms with Crippen molar-refractivity contribution in [2.45, 2.75) is 51.4 Å². The van der Waals surface area contributed by atoms with E-state index in [1.54, 1.807) is 0 Å². The summed E-state index contributed by atoms with van der Waals surface area (Å²) in [6, 6.07) is 11.2. The minimum atomic E-state index is -0.212. The molecule has 0 radical (unpaired) electrons. The normalized spacial score (nSPS) is 28.3. The lowest BCUT2D eigenvalue weighted by Gasteiger charge is -2.43. The lowest BCUT2D eigenvalue weighted by molar-refractivity contribution is 0.201. The zero-order valence-corrected chi connectivity index (χ0v) is 11.2. The molecule has 2 rings (SSSR count). The minimum Gasteiger partial charge on any atom is -0.197 e. The highest BCUT2D eigenvalue weighted by molar-refractivity contribution is 5.39. The van der Waals surface area contributed by atoms with Gasteiger partial charge in [-0.3, -0.25) is 0 Å². The van der Waals surface area contributed by atoms with Gasteiger partial charge in [0.1, 0.15) is 0 Å². The highest BCUT2D eigenvalue weighted by Crippen LogP contribution is 2.48. The van der Waals surface area contributed by atoms with Crippen LogP contribution in [0.4, 0.5) is 0 Å². The lowest BCUT2D eigenvalue weighted by atomic mass is 9.58. The molecule has 2 atom stereocenters. The topological polar surface area (TPSA) is 23.8 Å². The molecule has 0 saturated heterocycles. The molecule has 0 amide bonds. The Morgan fingerprint density at radius 3 is 2.12 bits per heavy atom. The molecule has 1 aromatic rings. The van der Waals surface area contributed by atoms with Gasteiger partial charge in [-0.05, 0) is 35.3 Å². The Morgan fingerprint density at radius 1 is 1.24 bits per heavy atom. The van der Waals surface area contributed by atoms with Crippen LogP contribution in [0.5, 0.6) is 0 Å². The van der Waals surface area contributed by atoms with Crippen molar-refractivity contribution in [2.75, 3.05) is 0 Å². The number of nitrogens with zero attached hydrogens (tertiary/aromatic N) is 1. The van der Waals surface area contributed by atoms with Gasteiger partial charge in [0.2, 0.25) is 0 Å². The number of hydrogen-bond donors (Lipinski definition) is 0. The van der Waals surface area contributed by atoms with Gasteiger partial charge in [-0.2, -0.15) is 5.26 Å². The van der Waals surface area contributed by atoms with Crippen LogP contribution in [0.1, 0.15) is 51.7 Å². The van der Waals surface area contributed by atoms with Crippen LogP contribution in [-0.4, -0.2) is 0 Å². The summed E-state index contributed by atoms with van der Waals surface area (Å²) in [5, 5.41) is 9.44. The van der Waals surface area contributed by atoms with Gasteiger partial charge in [-0.1, -0.05) is 52.0 Å². The first-order valence-electron chi connectivity index (χ1n) is 6.42. The second-order valence-electron chi connectivity index (χ2n) is 6.35. The van der Waals surface area contributed by atoms with Gasteiger partial charge in [0.15, 0.2) is 0 Å². The summed E-state index contributed by atoms with van der Waals surface area (Å²) in [4.78, 5) is 0. The lowest BCUT2D eigenvalue weighted by Crippen LogP contribution is -2.41. The van der Waals surface area contributed by atoms with Crippen molar-refractivity contribution in [2.24, 2.45) is 5.92 Å². The van der Waals surface area contributed by atoms with Crippen LogP contribution in [-0.2, 0) is 10.8 Å². The molecule has 1 fully saturated rings. The molecule has 1 saturated carbocycles. The molecule has 1 aliphatic carbocycles. The maximum absolute atomic E-state index is 9.44. The molecule has 90 valence electrons. The summed E-state index contributed by atoms with van der Waals surface area (Å²) in [5.74, 6) is 0.494. The van der Waals surface area contributed by atoms with Crippen molar-refractivity contribution in [3.05, 3.63) is 35.4 Å². The summed E-state index contributed by atoms with van der Waals surface area (Å²) in [6.07, 6.45) is 2.19. The fourth-order valence-electron chi connectivity index (χ4n) is 2.65. The van der Waals surface area contributed by atoms with Crippen LogP contribution in [0.15, 0.2) is 24.3 Å². The standard InChI is InChI=1S/C16H21N/c1-12-9-10-16(12,11-17)14-7-5-13(6-8-14)15(2,3)4/h5-8,12H,9-10H2,1-4H3. The van der Waals surface area contributed by atoms with E-state index in [1.165, 1.54) is 17.5 Å². The molecule has 1 aliphatic rings. The smallest absolute Gasteiger partial charge is 0.0847 e. The van der Waals surface area contributed by atoms with Crippen LogP contribution in [0.25, 0.3) is 0 Å². The van der Waals surface area contributed by atoms with E-state index < -0.39 is 0 Å². The van der Waals surface area contributed by atoms with E-state index >= 15 is 0 Å². The molecule has 2 unspecified atom stereocenters. The fourth-order valence-corrected chi connectivity index (χ4v) is 2.65. The molecule has 17 heavy (non-hydrogen) atoms. The first kappa shape index (κ1) is 12.2. The zero-order valence-electron chi connectivity index (χ0n) is 11.2. The molecular weight excluding hydrogens is 206 g/mol. The Morgan fingerprint density at radius 2 is 1.82 bits per heavy atom. The SMILES string of the molecule is CC1CCC1(C#N)c1ccc(C(C)(C)C)cc1.